The van der Waals surface area contributed by atoms with Crippen LogP contribution in [0.15, 0.2) is 0 Å². The van der Waals surface area contributed by atoms with Crippen molar-refractivity contribution in [3.8, 4) is 0 Å². The van der Waals surface area contributed by atoms with Crippen molar-refractivity contribution in [1.29, 1.82) is 0 Å². The smallest absolute Gasteiger partial charge is 0.0604 e. The van der Waals surface area contributed by atoms with Gasteiger partial charge in [0.1, 0.15) is 0 Å². The molecule has 2 aliphatic carbocycles. The summed E-state index contributed by atoms with van der Waals surface area (Å²) in [5.74, 6) is 2.03. The van der Waals surface area contributed by atoms with E-state index in [1.165, 1.54) is 19.3 Å². The first-order valence-corrected chi connectivity index (χ1v) is 5.18. The van der Waals surface area contributed by atoms with Crippen LogP contribution < -0.4 is 0 Å². The zero-order valence-corrected chi connectivity index (χ0v) is 8.38. The van der Waals surface area contributed by atoms with Crippen LogP contribution in [-0.4, -0.2) is 11.2 Å². The van der Waals surface area contributed by atoms with Crippen LogP contribution in [0.5, 0.6) is 0 Å². The van der Waals surface area contributed by atoms with E-state index in [4.69, 9.17) is 0 Å². The molecule has 0 aromatic carbocycles. The summed E-state index contributed by atoms with van der Waals surface area (Å²) < 4.78 is 0. The molecule has 0 heterocycles. The number of rotatable bonds is 0. The highest BCUT2D eigenvalue weighted by molar-refractivity contribution is 5.00. The van der Waals surface area contributed by atoms with E-state index < -0.39 is 0 Å². The van der Waals surface area contributed by atoms with Gasteiger partial charge in [0, 0.05) is 0 Å². The van der Waals surface area contributed by atoms with Crippen molar-refractivity contribution in [2.24, 2.45) is 23.2 Å². The zero-order chi connectivity index (χ0) is 8.93. The van der Waals surface area contributed by atoms with E-state index in [1.54, 1.807) is 0 Å². The molecule has 12 heavy (non-hydrogen) atoms. The van der Waals surface area contributed by atoms with E-state index >= 15 is 0 Å². The quantitative estimate of drug-likeness (QED) is 0.589. The van der Waals surface area contributed by atoms with Crippen molar-refractivity contribution in [2.75, 3.05) is 0 Å². The van der Waals surface area contributed by atoms with Gasteiger partial charge in [0.15, 0.2) is 0 Å². The molecule has 1 N–H and O–H groups in total. The van der Waals surface area contributed by atoms with Gasteiger partial charge in [-0.15, -0.1) is 0 Å². The second kappa shape index (κ2) is 2.47. The van der Waals surface area contributed by atoms with E-state index in [0.29, 0.717) is 17.3 Å². The Morgan fingerprint density at radius 1 is 1.08 bits per heavy atom. The van der Waals surface area contributed by atoms with Gasteiger partial charge in [0.05, 0.1) is 6.10 Å². The third-order valence-electron chi connectivity index (χ3n) is 3.87. The zero-order valence-electron chi connectivity index (χ0n) is 8.38. The van der Waals surface area contributed by atoms with Crippen LogP contribution in [0.25, 0.3) is 0 Å². The van der Waals surface area contributed by atoms with Gasteiger partial charge in [-0.05, 0) is 42.4 Å². The Kier molecular flexibility index (Phi) is 1.76. The minimum absolute atomic E-state index is 0.00347. The van der Waals surface area contributed by atoms with Crippen molar-refractivity contribution in [2.45, 2.75) is 46.1 Å². The van der Waals surface area contributed by atoms with Crippen molar-refractivity contribution < 1.29 is 5.11 Å². The van der Waals surface area contributed by atoms with Gasteiger partial charge in [-0.25, -0.2) is 0 Å². The van der Waals surface area contributed by atoms with Crippen molar-refractivity contribution in [3.63, 3.8) is 0 Å². The molecule has 70 valence electrons. The Morgan fingerprint density at radius 2 is 1.67 bits per heavy atom. The Labute approximate surface area is 75.2 Å². The number of hydrogen-bond acceptors (Lipinski definition) is 1. The fourth-order valence-electron chi connectivity index (χ4n) is 3.48. The van der Waals surface area contributed by atoms with E-state index in [1.807, 2.05) is 0 Å². The molecule has 2 bridgehead atoms. The van der Waals surface area contributed by atoms with Gasteiger partial charge in [0.25, 0.3) is 0 Å². The highest BCUT2D eigenvalue weighted by atomic mass is 16.3. The summed E-state index contributed by atoms with van der Waals surface area (Å²) >= 11 is 0. The van der Waals surface area contributed by atoms with E-state index in [0.717, 1.165) is 5.92 Å². The normalized spacial score (nSPS) is 47.0. The molecule has 4 atom stereocenters. The van der Waals surface area contributed by atoms with E-state index in [2.05, 4.69) is 20.8 Å². The molecule has 0 spiro atoms. The molecule has 2 rings (SSSR count). The molecule has 2 fully saturated rings. The molecule has 1 nitrogen and oxygen atoms in total. The molecule has 0 aromatic rings. The Hall–Kier alpha value is -0.0400. The van der Waals surface area contributed by atoms with E-state index in [9.17, 15) is 5.11 Å². The molecule has 0 aromatic heterocycles. The summed E-state index contributed by atoms with van der Waals surface area (Å²) in [6.45, 7) is 6.80. The minimum atomic E-state index is 0.00347. The Bertz CT molecular complexity index is 178. The minimum Gasteiger partial charge on any atom is -0.393 e. The first-order valence-electron chi connectivity index (χ1n) is 5.18. The number of aliphatic hydroxyl groups is 1. The fraction of sp³-hybridized carbons (Fsp3) is 1.00. The topological polar surface area (TPSA) is 20.2 Å². The molecule has 0 aliphatic heterocycles. The first-order chi connectivity index (χ1) is 5.50. The monoisotopic (exact) mass is 168 g/mol. The summed E-state index contributed by atoms with van der Waals surface area (Å²) in [7, 11) is 0. The average Bonchev–Trinajstić information content (AvgIpc) is 2.42. The average molecular weight is 168 g/mol. The van der Waals surface area contributed by atoms with Crippen molar-refractivity contribution in [1.82, 2.24) is 0 Å². The van der Waals surface area contributed by atoms with Gasteiger partial charge in [-0.2, -0.15) is 0 Å². The fourth-order valence-corrected chi connectivity index (χ4v) is 3.48. The second-order valence-electron chi connectivity index (χ2n) is 5.72. The summed E-state index contributed by atoms with van der Waals surface area (Å²) in [6.07, 6.45) is 3.94. The maximum absolute atomic E-state index is 10.0. The molecule has 0 saturated heterocycles. The SMILES string of the molecule is CC(C)(C)[C@@H]1C2CCC(C2)[C@@H]1O. The van der Waals surface area contributed by atoms with Crippen LogP contribution in [0.1, 0.15) is 40.0 Å². The van der Waals surface area contributed by atoms with Gasteiger partial charge in [-0.1, -0.05) is 20.8 Å². The predicted octanol–water partition coefficient (Wildman–Crippen LogP) is 2.44. The maximum atomic E-state index is 10.0. The lowest BCUT2D eigenvalue weighted by atomic mass is 9.70. The molecule has 2 saturated carbocycles. The third-order valence-corrected chi connectivity index (χ3v) is 3.87. The van der Waals surface area contributed by atoms with Crippen LogP contribution in [0.3, 0.4) is 0 Å². The van der Waals surface area contributed by atoms with Gasteiger partial charge in [0.2, 0.25) is 0 Å². The second-order valence-corrected chi connectivity index (χ2v) is 5.72. The summed E-state index contributed by atoms with van der Waals surface area (Å²) in [5.41, 5.74) is 0.305. The van der Waals surface area contributed by atoms with Crippen molar-refractivity contribution in [3.05, 3.63) is 0 Å². The highest BCUT2D eigenvalue weighted by Crippen LogP contribution is 2.54. The molecule has 1 heteroatoms. The number of hydrogen-bond donors (Lipinski definition) is 1. The van der Waals surface area contributed by atoms with Gasteiger partial charge >= 0.3 is 0 Å². The van der Waals surface area contributed by atoms with Crippen LogP contribution in [0.2, 0.25) is 0 Å². The summed E-state index contributed by atoms with van der Waals surface area (Å²) in [6, 6.07) is 0. The van der Waals surface area contributed by atoms with Gasteiger partial charge in [-0.3, -0.25) is 0 Å². The molecular formula is C11H20O. The molecule has 0 radical (unpaired) electrons. The Balaban J connectivity index is 2.17. The summed E-state index contributed by atoms with van der Waals surface area (Å²) in [5, 5.41) is 10.0. The van der Waals surface area contributed by atoms with Crippen LogP contribution in [-0.2, 0) is 0 Å². The van der Waals surface area contributed by atoms with Crippen LogP contribution in [0, 0.1) is 23.2 Å². The molecule has 0 amide bonds. The number of aliphatic hydroxyl groups excluding tert-OH is 1. The largest absolute Gasteiger partial charge is 0.393 e. The standard InChI is InChI=1S/C11H20O/c1-11(2,3)9-7-4-5-8(6-7)10(9)12/h7-10,12H,4-6H2,1-3H3/t7?,8?,9-,10+/m1/s1. The molecule has 2 unspecified atom stereocenters. The Morgan fingerprint density at radius 3 is 2.00 bits per heavy atom. The van der Waals surface area contributed by atoms with Crippen LogP contribution in [0.4, 0.5) is 0 Å². The van der Waals surface area contributed by atoms with Crippen molar-refractivity contribution >= 4 is 0 Å². The lowest BCUT2D eigenvalue weighted by Gasteiger charge is -2.37. The highest BCUT2D eigenvalue weighted by Gasteiger charge is 2.50. The maximum Gasteiger partial charge on any atom is 0.0604 e. The lowest BCUT2D eigenvalue weighted by Crippen LogP contribution is -2.36. The lowest BCUT2D eigenvalue weighted by molar-refractivity contribution is 0.00240. The number of fused-ring (bicyclic) bond motifs is 2. The molecule has 2 aliphatic rings. The third kappa shape index (κ3) is 1.10. The van der Waals surface area contributed by atoms with Crippen LogP contribution >= 0.6 is 0 Å². The predicted molar refractivity (Wildman–Crippen MR) is 49.8 cm³/mol. The first kappa shape index (κ1) is 8.55. The van der Waals surface area contributed by atoms with E-state index in [-0.39, 0.29) is 6.10 Å². The summed E-state index contributed by atoms with van der Waals surface area (Å²) in [4.78, 5) is 0. The molecular weight excluding hydrogens is 148 g/mol. The van der Waals surface area contributed by atoms with Gasteiger partial charge < -0.3 is 5.11 Å².